The van der Waals surface area contributed by atoms with E-state index in [1.165, 1.54) is 5.69 Å². The van der Waals surface area contributed by atoms with Gasteiger partial charge < -0.3 is 18.8 Å². The molecule has 1 aromatic carbocycles. The van der Waals surface area contributed by atoms with Crippen LogP contribution in [0.3, 0.4) is 0 Å². The number of likely N-dealkylation sites (N-methyl/N-ethyl adjacent to an activating group) is 1. The Hall–Kier alpha value is -3.52. The summed E-state index contributed by atoms with van der Waals surface area (Å²) >= 11 is 0. The normalized spacial score (nSPS) is 14.8. The molecule has 0 atom stereocenters. The lowest BCUT2D eigenvalue weighted by molar-refractivity contribution is 0.271. The highest BCUT2D eigenvalue weighted by atomic mass is 16.4. The van der Waals surface area contributed by atoms with Crippen molar-refractivity contribution in [1.82, 2.24) is 29.6 Å². The van der Waals surface area contributed by atoms with E-state index >= 15 is 0 Å². The minimum atomic E-state index is 0.242. The number of pyridine rings is 1. The largest absolute Gasteiger partial charge is 0.435 e. The molecule has 170 valence electrons. The van der Waals surface area contributed by atoms with Crippen LogP contribution in [-0.2, 0) is 0 Å². The number of hydrogen-bond donors (Lipinski definition) is 0. The molecular formula is C25H29N7O. The molecule has 3 aromatic heterocycles. The first-order chi connectivity index (χ1) is 16.1. The van der Waals surface area contributed by atoms with Crippen LogP contribution in [0.5, 0.6) is 0 Å². The predicted molar refractivity (Wildman–Crippen MR) is 129 cm³/mol. The Balaban J connectivity index is 1.39. The molecule has 8 heteroatoms. The average Bonchev–Trinajstić information content (AvgIpc) is 3.55. The molecule has 0 saturated carbocycles. The second-order valence-corrected chi connectivity index (χ2v) is 8.56. The molecule has 0 radical (unpaired) electrons. The van der Waals surface area contributed by atoms with Gasteiger partial charge in [-0.15, -0.1) is 10.2 Å². The molecule has 0 spiro atoms. The fourth-order valence-electron chi connectivity index (χ4n) is 4.19. The number of oxazole rings is 1. The standard InChI is InChI=1S/C25H29N7O/c1-4-30-11-13-31(14-12-30)20-8-5-7-19(15-20)23-16-26-25(33-23)22-10-6-9-21(28-22)24-29-27-17-32(24)18(2)3/h5-10,15-18H,4,11-14H2,1-3H3. The van der Waals surface area contributed by atoms with Crippen molar-refractivity contribution in [1.29, 1.82) is 0 Å². The summed E-state index contributed by atoms with van der Waals surface area (Å²) in [6, 6.07) is 14.5. The van der Waals surface area contributed by atoms with Crippen LogP contribution in [0.2, 0.25) is 0 Å². The van der Waals surface area contributed by atoms with Gasteiger partial charge in [-0.3, -0.25) is 0 Å². The summed E-state index contributed by atoms with van der Waals surface area (Å²) in [4.78, 5) is 14.2. The van der Waals surface area contributed by atoms with Crippen LogP contribution in [0.4, 0.5) is 5.69 Å². The van der Waals surface area contributed by atoms with Crippen molar-refractivity contribution in [2.45, 2.75) is 26.8 Å². The Morgan fingerprint density at radius 3 is 2.58 bits per heavy atom. The summed E-state index contributed by atoms with van der Waals surface area (Å²) in [6.07, 6.45) is 3.50. The van der Waals surface area contributed by atoms with Gasteiger partial charge in [-0.1, -0.05) is 25.1 Å². The van der Waals surface area contributed by atoms with Gasteiger partial charge in [0.05, 0.1) is 6.20 Å². The monoisotopic (exact) mass is 443 g/mol. The van der Waals surface area contributed by atoms with Gasteiger partial charge in [0, 0.05) is 43.5 Å². The Morgan fingerprint density at radius 2 is 1.79 bits per heavy atom. The lowest BCUT2D eigenvalue weighted by Crippen LogP contribution is -2.46. The maximum atomic E-state index is 6.14. The zero-order chi connectivity index (χ0) is 22.8. The van der Waals surface area contributed by atoms with E-state index in [-0.39, 0.29) is 6.04 Å². The zero-order valence-electron chi connectivity index (χ0n) is 19.3. The number of nitrogens with zero attached hydrogens (tertiary/aromatic N) is 7. The van der Waals surface area contributed by atoms with E-state index in [9.17, 15) is 0 Å². The highest BCUT2D eigenvalue weighted by molar-refractivity contribution is 5.66. The SMILES string of the molecule is CCN1CCN(c2cccc(-c3cnc(-c4cccc(-c5nncn5C(C)C)n4)o3)c2)CC1. The second-order valence-electron chi connectivity index (χ2n) is 8.56. The Labute approximate surface area is 193 Å². The summed E-state index contributed by atoms with van der Waals surface area (Å²) in [7, 11) is 0. The van der Waals surface area contributed by atoms with Crippen LogP contribution >= 0.6 is 0 Å². The number of aromatic nitrogens is 5. The van der Waals surface area contributed by atoms with Gasteiger partial charge >= 0.3 is 0 Å². The molecule has 1 aliphatic heterocycles. The summed E-state index contributed by atoms with van der Waals surface area (Å²) in [5.41, 5.74) is 3.64. The van der Waals surface area contributed by atoms with Crippen LogP contribution < -0.4 is 4.90 Å². The van der Waals surface area contributed by atoms with E-state index in [0.717, 1.165) is 55.6 Å². The lowest BCUT2D eigenvalue weighted by atomic mass is 10.1. The molecule has 8 nitrogen and oxygen atoms in total. The second kappa shape index (κ2) is 9.15. The van der Waals surface area contributed by atoms with Gasteiger partial charge in [0.25, 0.3) is 0 Å². The van der Waals surface area contributed by atoms with Crippen molar-refractivity contribution >= 4 is 5.69 Å². The molecule has 5 rings (SSSR count). The van der Waals surface area contributed by atoms with E-state index < -0.39 is 0 Å². The highest BCUT2D eigenvalue weighted by Crippen LogP contribution is 2.29. The molecule has 0 aliphatic carbocycles. The van der Waals surface area contributed by atoms with Crippen LogP contribution in [0.15, 0.2) is 59.4 Å². The van der Waals surface area contributed by atoms with E-state index in [2.05, 4.69) is 70.0 Å². The number of piperazine rings is 1. The van der Waals surface area contributed by atoms with Crippen molar-refractivity contribution in [2.75, 3.05) is 37.6 Å². The van der Waals surface area contributed by atoms with Crippen molar-refractivity contribution in [3.63, 3.8) is 0 Å². The maximum Gasteiger partial charge on any atom is 0.245 e. The Kier molecular flexibility index (Phi) is 5.92. The molecule has 1 fully saturated rings. The third-order valence-electron chi connectivity index (χ3n) is 6.15. The van der Waals surface area contributed by atoms with Crippen molar-refractivity contribution < 1.29 is 4.42 Å². The average molecular weight is 444 g/mol. The summed E-state index contributed by atoms with van der Waals surface area (Å²) < 4.78 is 8.14. The first-order valence-corrected chi connectivity index (χ1v) is 11.5. The zero-order valence-corrected chi connectivity index (χ0v) is 19.3. The van der Waals surface area contributed by atoms with Gasteiger partial charge in [-0.05, 0) is 44.7 Å². The van der Waals surface area contributed by atoms with Crippen LogP contribution in [-0.4, -0.2) is 62.4 Å². The van der Waals surface area contributed by atoms with Gasteiger partial charge in [-0.2, -0.15) is 0 Å². The minimum Gasteiger partial charge on any atom is -0.435 e. The van der Waals surface area contributed by atoms with Crippen LogP contribution in [0.25, 0.3) is 34.4 Å². The first kappa shape index (κ1) is 21.3. The van der Waals surface area contributed by atoms with Gasteiger partial charge in [-0.25, -0.2) is 9.97 Å². The smallest absolute Gasteiger partial charge is 0.245 e. The molecule has 4 heterocycles. The third-order valence-corrected chi connectivity index (χ3v) is 6.15. The minimum absolute atomic E-state index is 0.242. The first-order valence-electron chi connectivity index (χ1n) is 11.5. The molecule has 0 N–H and O–H groups in total. The lowest BCUT2D eigenvalue weighted by Gasteiger charge is -2.35. The molecule has 1 saturated heterocycles. The third kappa shape index (κ3) is 4.39. The van der Waals surface area contributed by atoms with E-state index in [0.29, 0.717) is 11.6 Å². The predicted octanol–water partition coefficient (Wildman–Crippen LogP) is 4.38. The highest BCUT2D eigenvalue weighted by Gasteiger charge is 2.18. The Morgan fingerprint density at radius 1 is 1.00 bits per heavy atom. The fraction of sp³-hybridized carbons (Fsp3) is 0.360. The number of benzene rings is 1. The Bertz CT molecular complexity index is 1220. The molecule has 1 aliphatic rings. The number of rotatable bonds is 6. The van der Waals surface area contributed by atoms with Crippen molar-refractivity contribution in [3.05, 3.63) is 55.0 Å². The topological polar surface area (TPSA) is 76.1 Å². The van der Waals surface area contributed by atoms with Crippen LogP contribution in [0, 0.1) is 0 Å². The summed E-state index contributed by atoms with van der Waals surface area (Å²) in [6.45, 7) is 11.8. The molecule has 33 heavy (non-hydrogen) atoms. The van der Waals surface area contributed by atoms with Crippen LogP contribution in [0.1, 0.15) is 26.8 Å². The van der Waals surface area contributed by atoms with Crippen molar-refractivity contribution in [2.24, 2.45) is 0 Å². The van der Waals surface area contributed by atoms with E-state index in [1.54, 1.807) is 12.5 Å². The van der Waals surface area contributed by atoms with Gasteiger partial charge in [0.15, 0.2) is 11.6 Å². The van der Waals surface area contributed by atoms with Gasteiger partial charge in [0.2, 0.25) is 5.89 Å². The quantitative estimate of drug-likeness (QED) is 0.438. The number of anilines is 1. The van der Waals surface area contributed by atoms with Gasteiger partial charge in [0.1, 0.15) is 17.7 Å². The van der Waals surface area contributed by atoms with E-state index in [4.69, 9.17) is 9.40 Å². The molecule has 0 unspecified atom stereocenters. The molecule has 0 amide bonds. The van der Waals surface area contributed by atoms with Crippen molar-refractivity contribution in [3.8, 4) is 34.4 Å². The molecule has 0 bridgehead atoms. The molecular weight excluding hydrogens is 414 g/mol. The number of hydrogen-bond acceptors (Lipinski definition) is 7. The van der Waals surface area contributed by atoms with E-state index in [1.807, 2.05) is 22.8 Å². The fourth-order valence-corrected chi connectivity index (χ4v) is 4.19. The summed E-state index contributed by atoms with van der Waals surface area (Å²) in [5, 5.41) is 8.30. The summed E-state index contributed by atoms with van der Waals surface area (Å²) in [5.74, 6) is 1.95. The maximum absolute atomic E-state index is 6.14. The molecule has 4 aromatic rings.